The van der Waals surface area contributed by atoms with Crippen LogP contribution in [0.4, 0.5) is 5.69 Å². The predicted molar refractivity (Wildman–Crippen MR) is 102 cm³/mol. The summed E-state index contributed by atoms with van der Waals surface area (Å²) in [5, 5.41) is 0.799. The highest BCUT2D eigenvalue weighted by molar-refractivity contribution is 5.86. The van der Waals surface area contributed by atoms with Crippen molar-refractivity contribution in [3.63, 3.8) is 0 Å². The summed E-state index contributed by atoms with van der Waals surface area (Å²) in [6, 6.07) is 11.2. The Balaban J connectivity index is 1.91. The molecule has 0 radical (unpaired) electrons. The van der Waals surface area contributed by atoms with Crippen molar-refractivity contribution in [2.24, 2.45) is 0 Å². The third-order valence-corrected chi connectivity index (χ3v) is 4.12. The Bertz CT molecular complexity index is 883. The molecular weight excluding hydrogens is 330 g/mol. The van der Waals surface area contributed by atoms with Crippen LogP contribution in [0.25, 0.3) is 10.9 Å². The number of unbranched alkanes of at least 4 members (excludes halogenated alkanes) is 1. The molecule has 0 aliphatic rings. The van der Waals surface area contributed by atoms with E-state index in [0.717, 1.165) is 48.1 Å². The van der Waals surface area contributed by atoms with Crippen LogP contribution in [-0.2, 0) is 11.2 Å². The van der Waals surface area contributed by atoms with E-state index in [-0.39, 0.29) is 0 Å². The van der Waals surface area contributed by atoms with Crippen LogP contribution in [0.5, 0.6) is 17.4 Å². The van der Waals surface area contributed by atoms with Crippen molar-refractivity contribution in [3.05, 3.63) is 48.3 Å². The van der Waals surface area contributed by atoms with Crippen molar-refractivity contribution in [1.29, 1.82) is 0 Å². The maximum Gasteiger partial charge on any atom is 0.230 e. The number of nitrogen functional groups attached to an aromatic ring is 1. The lowest BCUT2D eigenvalue weighted by molar-refractivity contribution is 0.193. The number of nitrogens with two attached hydrogens (primary N) is 1. The molecular formula is C20H23N3O3. The summed E-state index contributed by atoms with van der Waals surface area (Å²) < 4.78 is 16.6. The van der Waals surface area contributed by atoms with Gasteiger partial charge in [-0.05, 0) is 49.1 Å². The van der Waals surface area contributed by atoms with Gasteiger partial charge in [-0.2, -0.15) is 0 Å². The van der Waals surface area contributed by atoms with Crippen LogP contribution in [0.2, 0.25) is 0 Å². The topological polar surface area (TPSA) is 79.5 Å². The molecule has 0 fully saturated rings. The fourth-order valence-electron chi connectivity index (χ4n) is 2.82. The monoisotopic (exact) mass is 353 g/mol. The average molecular weight is 353 g/mol. The van der Waals surface area contributed by atoms with E-state index in [1.165, 1.54) is 6.33 Å². The van der Waals surface area contributed by atoms with E-state index in [4.69, 9.17) is 19.9 Å². The second kappa shape index (κ2) is 8.49. The number of aromatic nitrogens is 2. The van der Waals surface area contributed by atoms with E-state index in [1.54, 1.807) is 20.3 Å². The zero-order chi connectivity index (χ0) is 18.4. The Morgan fingerprint density at radius 1 is 1.04 bits per heavy atom. The molecule has 0 saturated carbocycles. The van der Waals surface area contributed by atoms with Crippen LogP contribution >= 0.6 is 0 Å². The van der Waals surface area contributed by atoms with E-state index >= 15 is 0 Å². The first kappa shape index (κ1) is 17.9. The number of ether oxygens (including phenoxy) is 3. The molecule has 0 atom stereocenters. The number of hydrogen-bond acceptors (Lipinski definition) is 6. The van der Waals surface area contributed by atoms with Crippen molar-refractivity contribution in [2.75, 3.05) is 26.6 Å². The van der Waals surface area contributed by atoms with Crippen molar-refractivity contribution in [1.82, 2.24) is 9.97 Å². The van der Waals surface area contributed by atoms with Gasteiger partial charge >= 0.3 is 0 Å². The van der Waals surface area contributed by atoms with Crippen molar-refractivity contribution >= 4 is 16.6 Å². The van der Waals surface area contributed by atoms with Gasteiger partial charge in [0.1, 0.15) is 17.8 Å². The van der Waals surface area contributed by atoms with E-state index in [2.05, 4.69) is 9.97 Å². The van der Waals surface area contributed by atoms with Crippen molar-refractivity contribution < 1.29 is 14.2 Å². The first-order chi connectivity index (χ1) is 12.7. The minimum atomic E-state index is 0.477. The van der Waals surface area contributed by atoms with Gasteiger partial charge in [0.2, 0.25) is 5.88 Å². The summed E-state index contributed by atoms with van der Waals surface area (Å²) in [6.45, 7) is 0.760. The van der Waals surface area contributed by atoms with Crippen LogP contribution in [0.15, 0.2) is 42.7 Å². The van der Waals surface area contributed by atoms with E-state index in [0.29, 0.717) is 17.3 Å². The Labute approximate surface area is 152 Å². The number of methoxy groups -OCH3 is 2. The molecule has 26 heavy (non-hydrogen) atoms. The molecule has 0 unspecified atom stereocenters. The van der Waals surface area contributed by atoms with Crippen LogP contribution < -0.4 is 15.2 Å². The first-order valence-electron chi connectivity index (χ1n) is 8.55. The molecule has 2 aromatic carbocycles. The largest absolute Gasteiger partial charge is 0.496 e. The number of hydrogen-bond donors (Lipinski definition) is 1. The van der Waals surface area contributed by atoms with Crippen LogP contribution in [0, 0.1) is 0 Å². The lowest BCUT2D eigenvalue weighted by Gasteiger charge is -2.12. The van der Waals surface area contributed by atoms with Gasteiger partial charge in [-0.1, -0.05) is 6.07 Å². The molecule has 6 nitrogen and oxygen atoms in total. The van der Waals surface area contributed by atoms with Gasteiger partial charge in [-0.25, -0.2) is 9.97 Å². The summed E-state index contributed by atoms with van der Waals surface area (Å²) in [7, 11) is 3.39. The molecule has 6 heteroatoms. The highest BCUT2D eigenvalue weighted by Gasteiger charge is 2.12. The molecule has 0 saturated heterocycles. The SMILES string of the molecule is COCCCCc1cc2ncnc(Oc3cccc(N)c3)c2cc1OC. The minimum Gasteiger partial charge on any atom is -0.496 e. The van der Waals surface area contributed by atoms with Crippen molar-refractivity contribution in [2.45, 2.75) is 19.3 Å². The summed E-state index contributed by atoms with van der Waals surface area (Å²) >= 11 is 0. The third-order valence-electron chi connectivity index (χ3n) is 4.12. The first-order valence-corrected chi connectivity index (χ1v) is 8.55. The lowest BCUT2D eigenvalue weighted by atomic mass is 10.0. The van der Waals surface area contributed by atoms with Gasteiger partial charge < -0.3 is 19.9 Å². The number of aryl methyl sites for hydroxylation is 1. The normalized spacial score (nSPS) is 10.8. The fourth-order valence-corrected chi connectivity index (χ4v) is 2.82. The van der Waals surface area contributed by atoms with Gasteiger partial charge in [0.25, 0.3) is 0 Å². The standard InChI is InChI=1S/C20H23N3O3/c1-24-9-4-3-6-14-10-18-17(12-19(14)25-2)20(23-13-22-18)26-16-8-5-7-15(21)11-16/h5,7-8,10-13H,3-4,6,9,21H2,1-2H3. The Kier molecular flexibility index (Phi) is 5.86. The summed E-state index contributed by atoms with van der Waals surface area (Å²) in [5.41, 5.74) is 8.39. The molecule has 2 N–H and O–H groups in total. The minimum absolute atomic E-state index is 0.477. The summed E-state index contributed by atoms with van der Waals surface area (Å²) in [6.07, 6.45) is 4.43. The summed E-state index contributed by atoms with van der Waals surface area (Å²) in [5.74, 6) is 1.92. The second-order valence-corrected chi connectivity index (χ2v) is 5.98. The van der Waals surface area contributed by atoms with E-state index < -0.39 is 0 Å². The number of rotatable bonds is 8. The molecule has 1 heterocycles. The number of anilines is 1. The Morgan fingerprint density at radius 3 is 2.69 bits per heavy atom. The van der Waals surface area contributed by atoms with Crippen LogP contribution in [0.3, 0.4) is 0 Å². The second-order valence-electron chi connectivity index (χ2n) is 5.98. The third kappa shape index (κ3) is 4.21. The molecule has 0 amide bonds. The van der Waals surface area contributed by atoms with Gasteiger partial charge in [-0.15, -0.1) is 0 Å². The quantitative estimate of drug-likeness (QED) is 0.487. The molecule has 0 bridgehead atoms. The summed E-state index contributed by atoms with van der Waals surface area (Å²) in [4.78, 5) is 8.66. The number of nitrogens with zero attached hydrogens (tertiary/aromatic N) is 2. The molecule has 136 valence electrons. The molecule has 1 aromatic heterocycles. The molecule has 0 spiro atoms. The van der Waals surface area contributed by atoms with Crippen molar-refractivity contribution in [3.8, 4) is 17.4 Å². The smallest absolute Gasteiger partial charge is 0.230 e. The van der Waals surface area contributed by atoms with Crippen LogP contribution in [-0.4, -0.2) is 30.8 Å². The highest BCUT2D eigenvalue weighted by atomic mass is 16.5. The molecule has 0 aliphatic carbocycles. The Morgan fingerprint density at radius 2 is 1.92 bits per heavy atom. The maximum absolute atomic E-state index is 5.92. The van der Waals surface area contributed by atoms with E-state index in [9.17, 15) is 0 Å². The zero-order valence-corrected chi connectivity index (χ0v) is 15.1. The maximum atomic E-state index is 5.92. The van der Waals surface area contributed by atoms with Gasteiger partial charge in [0, 0.05) is 25.5 Å². The average Bonchev–Trinajstić information content (AvgIpc) is 2.65. The molecule has 0 aliphatic heterocycles. The Hall–Kier alpha value is -2.86. The molecule has 3 aromatic rings. The zero-order valence-electron chi connectivity index (χ0n) is 15.1. The predicted octanol–water partition coefficient (Wildman–Crippen LogP) is 3.98. The van der Waals surface area contributed by atoms with Gasteiger partial charge in [0.05, 0.1) is 18.0 Å². The fraction of sp³-hybridized carbons (Fsp3) is 0.300. The molecule has 3 rings (SSSR count). The van der Waals surface area contributed by atoms with Gasteiger partial charge in [-0.3, -0.25) is 0 Å². The highest BCUT2D eigenvalue weighted by Crippen LogP contribution is 2.33. The number of benzene rings is 2. The van der Waals surface area contributed by atoms with Crippen LogP contribution in [0.1, 0.15) is 18.4 Å². The van der Waals surface area contributed by atoms with Gasteiger partial charge in [0.15, 0.2) is 0 Å². The lowest BCUT2D eigenvalue weighted by Crippen LogP contribution is -1.98. The van der Waals surface area contributed by atoms with E-state index in [1.807, 2.05) is 30.3 Å². The number of fused-ring (bicyclic) bond motifs is 1.